The van der Waals surface area contributed by atoms with Crippen LogP contribution >= 0.6 is 23.2 Å². The minimum Gasteiger partial charge on any atom is -0.492 e. The summed E-state index contributed by atoms with van der Waals surface area (Å²) in [4.78, 5) is 0. The van der Waals surface area contributed by atoms with E-state index in [-0.39, 0.29) is 0 Å². The molecule has 4 heteroatoms. The normalized spacial score (nSPS) is 10.3. The summed E-state index contributed by atoms with van der Waals surface area (Å²) in [5.74, 6) is 0.845. The molecule has 0 bridgehead atoms. The van der Waals surface area contributed by atoms with Crippen LogP contribution in [0.1, 0.15) is 12.5 Å². The van der Waals surface area contributed by atoms with Crippen LogP contribution in [0.25, 0.3) is 0 Å². The van der Waals surface area contributed by atoms with E-state index in [1.807, 2.05) is 43.3 Å². The van der Waals surface area contributed by atoms with Gasteiger partial charge in [-0.05, 0) is 42.8 Å². The fourth-order valence-corrected chi connectivity index (χ4v) is 2.38. The summed E-state index contributed by atoms with van der Waals surface area (Å²) in [5.41, 5.74) is 1.99. The highest BCUT2D eigenvalue weighted by Gasteiger charge is 2.03. The topological polar surface area (TPSA) is 21.3 Å². The molecule has 1 N–H and O–H groups in total. The van der Waals surface area contributed by atoms with Gasteiger partial charge in [-0.15, -0.1) is 0 Å². The maximum absolute atomic E-state index is 5.98. The Hall–Kier alpha value is -1.38. The smallest absolute Gasteiger partial charge is 0.142 e. The van der Waals surface area contributed by atoms with Gasteiger partial charge in [-0.2, -0.15) is 0 Å². The minimum absolute atomic E-state index is 0.641. The maximum Gasteiger partial charge on any atom is 0.142 e. The lowest BCUT2D eigenvalue weighted by Gasteiger charge is -2.12. The van der Waals surface area contributed by atoms with E-state index in [0.29, 0.717) is 23.2 Å². The van der Waals surface area contributed by atoms with Gasteiger partial charge in [-0.25, -0.2) is 0 Å². The number of halogens is 2. The Morgan fingerprint density at radius 2 is 1.74 bits per heavy atom. The number of rotatable bonds is 5. The molecule has 0 fully saturated rings. The van der Waals surface area contributed by atoms with Crippen molar-refractivity contribution in [2.24, 2.45) is 0 Å². The van der Waals surface area contributed by atoms with E-state index in [9.17, 15) is 0 Å². The lowest BCUT2D eigenvalue weighted by molar-refractivity contribution is 0.341. The fraction of sp³-hybridized carbons (Fsp3) is 0.200. The van der Waals surface area contributed by atoms with E-state index >= 15 is 0 Å². The quantitative estimate of drug-likeness (QED) is 0.838. The number of ether oxygens (including phenoxy) is 1. The van der Waals surface area contributed by atoms with E-state index < -0.39 is 0 Å². The van der Waals surface area contributed by atoms with Crippen LogP contribution in [0.5, 0.6) is 5.75 Å². The Morgan fingerprint density at radius 3 is 2.42 bits per heavy atom. The van der Waals surface area contributed by atoms with E-state index in [4.69, 9.17) is 27.9 Å². The van der Waals surface area contributed by atoms with Gasteiger partial charge < -0.3 is 10.1 Å². The number of anilines is 1. The van der Waals surface area contributed by atoms with Crippen molar-refractivity contribution in [3.63, 3.8) is 0 Å². The molecular weight excluding hydrogens is 281 g/mol. The van der Waals surface area contributed by atoms with E-state index in [1.165, 1.54) is 0 Å². The van der Waals surface area contributed by atoms with Gasteiger partial charge >= 0.3 is 0 Å². The van der Waals surface area contributed by atoms with Gasteiger partial charge in [0, 0.05) is 16.6 Å². The van der Waals surface area contributed by atoms with Crippen molar-refractivity contribution in [1.82, 2.24) is 0 Å². The van der Waals surface area contributed by atoms with Crippen LogP contribution in [0.2, 0.25) is 10.0 Å². The number of para-hydroxylation sites is 2. The average Bonchev–Trinajstić information content (AvgIpc) is 2.37. The fourth-order valence-electron chi connectivity index (χ4n) is 1.80. The van der Waals surface area contributed by atoms with Crippen molar-refractivity contribution >= 4 is 28.9 Å². The third-order valence-electron chi connectivity index (χ3n) is 2.59. The number of hydrogen-bond donors (Lipinski definition) is 1. The molecule has 100 valence electrons. The molecule has 2 nitrogen and oxygen atoms in total. The predicted octanol–water partition coefficient (Wildman–Crippen LogP) is 5.00. The third-order valence-corrected chi connectivity index (χ3v) is 3.03. The molecule has 2 aromatic carbocycles. The molecule has 2 rings (SSSR count). The minimum atomic E-state index is 0.641. The summed E-state index contributed by atoms with van der Waals surface area (Å²) in [5, 5.41) is 4.61. The van der Waals surface area contributed by atoms with Crippen LogP contribution < -0.4 is 10.1 Å². The van der Waals surface area contributed by atoms with Gasteiger partial charge in [0.1, 0.15) is 5.75 Å². The Labute approximate surface area is 123 Å². The first-order valence-corrected chi connectivity index (χ1v) is 6.85. The third kappa shape index (κ3) is 4.05. The molecule has 2 aromatic rings. The molecule has 0 radical (unpaired) electrons. The molecule has 0 aliphatic carbocycles. The van der Waals surface area contributed by atoms with Gasteiger partial charge in [-0.3, -0.25) is 0 Å². The van der Waals surface area contributed by atoms with Crippen LogP contribution in [-0.4, -0.2) is 6.61 Å². The van der Waals surface area contributed by atoms with Crippen LogP contribution in [0.15, 0.2) is 42.5 Å². The zero-order chi connectivity index (χ0) is 13.7. The van der Waals surface area contributed by atoms with E-state index in [0.717, 1.165) is 17.0 Å². The summed E-state index contributed by atoms with van der Waals surface area (Å²) in [6.07, 6.45) is 0. The van der Waals surface area contributed by atoms with Crippen molar-refractivity contribution in [3.05, 3.63) is 58.1 Å². The lowest BCUT2D eigenvalue weighted by Crippen LogP contribution is -2.02. The van der Waals surface area contributed by atoms with Crippen molar-refractivity contribution in [2.45, 2.75) is 13.5 Å². The van der Waals surface area contributed by atoms with E-state index in [1.54, 1.807) is 6.07 Å². The standard InChI is InChI=1S/C15H15Cl2NO/c1-2-19-15-6-4-3-5-14(15)18-10-11-7-12(16)9-13(17)8-11/h3-9,18H,2,10H2,1H3. The second-order valence-electron chi connectivity index (χ2n) is 4.06. The van der Waals surface area contributed by atoms with Crippen molar-refractivity contribution in [1.29, 1.82) is 0 Å². The first kappa shape index (κ1) is 14.0. The predicted molar refractivity (Wildman–Crippen MR) is 81.4 cm³/mol. The summed E-state index contributed by atoms with van der Waals surface area (Å²) in [6.45, 7) is 3.25. The largest absolute Gasteiger partial charge is 0.492 e. The Morgan fingerprint density at radius 1 is 1.05 bits per heavy atom. The van der Waals surface area contributed by atoms with Gasteiger partial charge in [0.2, 0.25) is 0 Å². The molecule has 0 amide bonds. The molecular formula is C15H15Cl2NO. The highest BCUT2D eigenvalue weighted by molar-refractivity contribution is 6.34. The Kier molecular flexibility index (Phi) is 4.94. The zero-order valence-electron chi connectivity index (χ0n) is 10.6. The summed E-state index contributed by atoms with van der Waals surface area (Å²) in [6, 6.07) is 13.4. The molecule has 0 aliphatic rings. The molecule has 0 unspecified atom stereocenters. The van der Waals surface area contributed by atoms with Crippen LogP contribution in [0.4, 0.5) is 5.69 Å². The maximum atomic E-state index is 5.98. The molecule has 0 heterocycles. The summed E-state index contributed by atoms with van der Waals surface area (Å²) in [7, 11) is 0. The molecule has 0 spiro atoms. The first-order chi connectivity index (χ1) is 9.19. The molecule has 0 aliphatic heterocycles. The van der Waals surface area contributed by atoms with Crippen LogP contribution in [0.3, 0.4) is 0 Å². The SMILES string of the molecule is CCOc1ccccc1NCc1cc(Cl)cc(Cl)c1. The highest BCUT2D eigenvalue weighted by Crippen LogP contribution is 2.25. The van der Waals surface area contributed by atoms with Gasteiger partial charge in [-0.1, -0.05) is 35.3 Å². The molecule has 0 saturated carbocycles. The highest BCUT2D eigenvalue weighted by atomic mass is 35.5. The second kappa shape index (κ2) is 6.69. The van der Waals surface area contributed by atoms with Gasteiger partial charge in [0.05, 0.1) is 12.3 Å². The molecule has 0 aromatic heterocycles. The zero-order valence-corrected chi connectivity index (χ0v) is 12.1. The summed E-state index contributed by atoms with van der Waals surface area (Å²) < 4.78 is 5.56. The lowest BCUT2D eigenvalue weighted by atomic mass is 10.2. The summed E-state index contributed by atoms with van der Waals surface area (Å²) >= 11 is 12.0. The molecule has 0 atom stereocenters. The van der Waals surface area contributed by atoms with Crippen molar-refractivity contribution in [2.75, 3.05) is 11.9 Å². The van der Waals surface area contributed by atoms with Crippen LogP contribution in [0, 0.1) is 0 Å². The van der Waals surface area contributed by atoms with Crippen LogP contribution in [-0.2, 0) is 6.54 Å². The second-order valence-corrected chi connectivity index (χ2v) is 4.93. The monoisotopic (exact) mass is 295 g/mol. The average molecular weight is 296 g/mol. The van der Waals surface area contributed by atoms with E-state index in [2.05, 4.69) is 5.32 Å². The number of benzene rings is 2. The number of hydrogen-bond acceptors (Lipinski definition) is 2. The van der Waals surface area contributed by atoms with Gasteiger partial charge in [0.25, 0.3) is 0 Å². The Bertz CT molecular complexity index is 537. The molecule has 0 saturated heterocycles. The molecule has 19 heavy (non-hydrogen) atoms. The number of nitrogens with one attached hydrogen (secondary N) is 1. The first-order valence-electron chi connectivity index (χ1n) is 6.09. The van der Waals surface area contributed by atoms with Gasteiger partial charge in [0.15, 0.2) is 0 Å². The Balaban J connectivity index is 2.09. The van der Waals surface area contributed by atoms with Crippen molar-refractivity contribution in [3.8, 4) is 5.75 Å². The van der Waals surface area contributed by atoms with Crippen molar-refractivity contribution < 1.29 is 4.74 Å².